The summed E-state index contributed by atoms with van der Waals surface area (Å²) >= 11 is 3.40. The molecule has 0 amide bonds. The summed E-state index contributed by atoms with van der Waals surface area (Å²) in [6.45, 7) is 1.98. The normalized spacial score (nSPS) is 12.2. The minimum atomic E-state index is -0.268. The first-order chi connectivity index (χ1) is 9.69. The number of nitrogens with zero attached hydrogens (tertiary/aromatic N) is 1. The molecule has 1 heterocycles. The van der Waals surface area contributed by atoms with Crippen LogP contribution in [-0.4, -0.2) is 16.2 Å². The van der Waals surface area contributed by atoms with E-state index >= 15 is 0 Å². The molecule has 20 heavy (non-hydrogen) atoms. The van der Waals surface area contributed by atoms with Gasteiger partial charge >= 0.3 is 0 Å². The zero-order chi connectivity index (χ0) is 14.4. The maximum absolute atomic E-state index is 9.66. The number of aryl methyl sites for hydroxylation is 1. The number of benzene rings is 1. The van der Waals surface area contributed by atoms with Gasteiger partial charge in [-0.25, -0.2) is 0 Å². The highest BCUT2D eigenvalue weighted by atomic mass is 79.9. The maximum atomic E-state index is 9.66. The van der Waals surface area contributed by atoms with E-state index in [1.807, 2.05) is 37.3 Å². The van der Waals surface area contributed by atoms with Gasteiger partial charge < -0.3 is 9.84 Å². The van der Waals surface area contributed by atoms with Crippen molar-refractivity contribution in [1.29, 1.82) is 0 Å². The fourth-order valence-electron chi connectivity index (χ4n) is 1.86. The third-order valence-electron chi connectivity index (χ3n) is 3.12. The molecule has 1 aromatic heterocycles. The van der Waals surface area contributed by atoms with Crippen LogP contribution in [0.5, 0.6) is 11.5 Å². The van der Waals surface area contributed by atoms with E-state index in [4.69, 9.17) is 4.74 Å². The van der Waals surface area contributed by atoms with Gasteiger partial charge in [-0.1, -0.05) is 22.9 Å². The van der Waals surface area contributed by atoms with Crippen LogP contribution in [0.2, 0.25) is 0 Å². The average Bonchev–Trinajstić information content (AvgIpc) is 2.48. The first kappa shape index (κ1) is 15.0. The molecule has 0 saturated heterocycles. The van der Waals surface area contributed by atoms with Crippen LogP contribution >= 0.6 is 15.9 Å². The maximum Gasteiger partial charge on any atom is 0.133 e. The van der Waals surface area contributed by atoms with Crippen molar-refractivity contribution < 1.29 is 9.84 Å². The molecule has 2 rings (SSSR count). The summed E-state index contributed by atoms with van der Waals surface area (Å²) in [6.07, 6.45) is 5.50. The fraction of sp³-hybridized carbons (Fsp3) is 0.312. The van der Waals surface area contributed by atoms with Crippen molar-refractivity contribution in [1.82, 2.24) is 4.98 Å². The van der Waals surface area contributed by atoms with Gasteiger partial charge in [0.25, 0.3) is 0 Å². The molecule has 0 bridgehead atoms. The van der Waals surface area contributed by atoms with Crippen molar-refractivity contribution in [3.63, 3.8) is 0 Å². The standard InChI is InChI=1S/C16H18BrNO2/c1-2-14(19)6-3-12-11-18-10-9-16(12)20-15-7-4-13(17)5-8-15/h4-5,7-11,14,19H,2-3,6H2,1H3. The Balaban J connectivity index is 2.09. The smallest absolute Gasteiger partial charge is 0.133 e. The molecule has 1 unspecified atom stereocenters. The largest absolute Gasteiger partial charge is 0.457 e. The lowest BCUT2D eigenvalue weighted by Crippen LogP contribution is -2.06. The number of hydrogen-bond donors (Lipinski definition) is 1. The zero-order valence-electron chi connectivity index (χ0n) is 11.4. The van der Waals surface area contributed by atoms with Gasteiger partial charge in [0.15, 0.2) is 0 Å². The van der Waals surface area contributed by atoms with Crippen molar-refractivity contribution in [3.8, 4) is 11.5 Å². The summed E-state index contributed by atoms with van der Waals surface area (Å²) in [5.41, 5.74) is 1.02. The number of halogens is 1. The monoisotopic (exact) mass is 335 g/mol. The fourth-order valence-corrected chi connectivity index (χ4v) is 2.12. The molecule has 0 aliphatic rings. The van der Waals surface area contributed by atoms with Crippen molar-refractivity contribution in [3.05, 3.63) is 52.8 Å². The highest BCUT2D eigenvalue weighted by Crippen LogP contribution is 2.26. The van der Waals surface area contributed by atoms with Gasteiger partial charge in [0.2, 0.25) is 0 Å². The first-order valence-corrected chi connectivity index (χ1v) is 7.52. The van der Waals surface area contributed by atoms with Crippen molar-refractivity contribution >= 4 is 15.9 Å². The van der Waals surface area contributed by atoms with Crippen LogP contribution in [0.3, 0.4) is 0 Å². The van der Waals surface area contributed by atoms with Crippen molar-refractivity contribution in [2.45, 2.75) is 32.3 Å². The van der Waals surface area contributed by atoms with Crippen LogP contribution in [0.15, 0.2) is 47.2 Å². The summed E-state index contributed by atoms with van der Waals surface area (Å²) in [4.78, 5) is 4.14. The van der Waals surface area contributed by atoms with Gasteiger partial charge in [-0.15, -0.1) is 0 Å². The molecule has 106 valence electrons. The molecule has 0 radical (unpaired) electrons. The SMILES string of the molecule is CCC(O)CCc1cnccc1Oc1ccc(Br)cc1. The second kappa shape index (κ2) is 7.41. The molecule has 2 aromatic rings. The molecule has 0 saturated carbocycles. The van der Waals surface area contributed by atoms with E-state index in [0.717, 1.165) is 40.8 Å². The van der Waals surface area contributed by atoms with E-state index in [1.165, 1.54) is 0 Å². The molecule has 1 atom stereocenters. The molecule has 3 nitrogen and oxygen atoms in total. The van der Waals surface area contributed by atoms with E-state index in [0.29, 0.717) is 0 Å². The molecular formula is C16H18BrNO2. The minimum absolute atomic E-state index is 0.268. The first-order valence-electron chi connectivity index (χ1n) is 6.73. The highest BCUT2D eigenvalue weighted by Gasteiger charge is 2.08. The van der Waals surface area contributed by atoms with Gasteiger partial charge in [-0.05, 0) is 49.6 Å². The number of ether oxygens (including phenoxy) is 1. The second-order valence-corrected chi connectivity index (χ2v) is 5.56. The minimum Gasteiger partial charge on any atom is -0.457 e. The Morgan fingerprint density at radius 2 is 2.00 bits per heavy atom. The molecule has 1 N–H and O–H groups in total. The topological polar surface area (TPSA) is 42.4 Å². The highest BCUT2D eigenvalue weighted by molar-refractivity contribution is 9.10. The van der Waals surface area contributed by atoms with Crippen LogP contribution < -0.4 is 4.74 Å². The third kappa shape index (κ3) is 4.32. The van der Waals surface area contributed by atoms with E-state index in [9.17, 15) is 5.11 Å². The Kier molecular flexibility index (Phi) is 5.56. The van der Waals surface area contributed by atoms with E-state index in [1.54, 1.807) is 12.4 Å². The van der Waals surface area contributed by atoms with Crippen LogP contribution in [-0.2, 0) is 6.42 Å². The second-order valence-electron chi connectivity index (χ2n) is 4.64. The summed E-state index contributed by atoms with van der Waals surface area (Å²) < 4.78 is 6.91. The molecule has 0 spiro atoms. The molecular weight excluding hydrogens is 318 g/mol. The van der Waals surface area contributed by atoms with E-state index < -0.39 is 0 Å². The average molecular weight is 336 g/mol. The summed E-state index contributed by atoms with van der Waals surface area (Å²) in [5, 5.41) is 9.66. The lowest BCUT2D eigenvalue weighted by molar-refractivity contribution is 0.160. The number of rotatable bonds is 6. The Labute approximate surface area is 127 Å². The predicted molar refractivity (Wildman–Crippen MR) is 83.1 cm³/mol. The van der Waals surface area contributed by atoms with Crippen LogP contribution in [0, 0.1) is 0 Å². The predicted octanol–water partition coefficient (Wildman–Crippen LogP) is 4.34. The molecule has 4 heteroatoms. The van der Waals surface area contributed by atoms with E-state index in [2.05, 4.69) is 20.9 Å². The Morgan fingerprint density at radius 3 is 2.70 bits per heavy atom. The number of aromatic nitrogens is 1. The van der Waals surface area contributed by atoms with Crippen LogP contribution in [0.25, 0.3) is 0 Å². The van der Waals surface area contributed by atoms with Gasteiger partial charge in [0.05, 0.1) is 6.10 Å². The summed E-state index contributed by atoms with van der Waals surface area (Å²) in [6, 6.07) is 9.56. The summed E-state index contributed by atoms with van der Waals surface area (Å²) in [7, 11) is 0. The molecule has 0 fully saturated rings. The Hall–Kier alpha value is -1.39. The van der Waals surface area contributed by atoms with Crippen molar-refractivity contribution in [2.75, 3.05) is 0 Å². The summed E-state index contributed by atoms with van der Waals surface area (Å²) in [5.74, 6) is 1.59. The number of aliphatic hydroxyl groups excluding tert-OH is 1. The lowest BCUT2D eigenvalue weighted by atomic mass is 10.1. The number of pyridine rings is 1. The van der Waals surface area contributed by atoms with Crippen LogP contribution in [0.4, 0.5) is 0 Å². The van der Waals surface area contributed by atoms with Crippen molar-refractivity contribution in [2.24, 2.45) is 0 Å². The third-order valence-corrected chi connectivity index (χ3v) is 3.65. The Morgan fingerprint density at radius 1 is 1.25 bits per heavy atom. The zero-order valence-corrected chi connectivity index (χ0v) is 13.0. The van der Waals surface area contributed by atoms with Gasteiger partial charge in [0, 0.05) is 22.4 Å². The quantitative estimate of drug-likeness (QED) is 0.853. The lowest BCUT2D eigenvalue weighted by Gasteiger charge is -2.12. The van der Waals surface area contributed by atoms with Crippen LogP contribution in [0.1, 0.15) is 25.3 Å². The van der Waals surface area contributed by atoms with E-state index in [-0.39, 0.29) is 6.10 Å². The van der Waals surface area contributed by atoms with Gasteiger partial charge in [0.1, 0.15) is 11.5 Å². The number of aliphatic hydroxyl groups is 1. The molecule has 0 aliphatic carbocycles. The van der Waals surface area contributed by atoms with Gasteiger partial charge in [-0.2, -0.15) is 0 Å². The van der Waals surface area contributed by atoms with Gasteiger partial charge in [-0.3, -0.25) is 4.98 Å². The Bertz CT molecular complexity index is 542. The molecule has 1 aromatic carbocycles. The number of hydrogen-bond acceptors (Lipinski definition) is 3. The molecule has 0 aliphatic heterocycles.